The second-order valence-corrected chi connectivity index (χ2v) is 13.5. The van der Waals surface area contributed by atoms with Gasteiger partial charge in [-0.3, -0.25) is 33.5 Å². The third-order valence-electron chi connectivity index (χ3n) is 7.84. The van der Waals surface area contributed by atoms with Crippen LogP contribution in [0, 0.1) is 5.41 Å². The second-order valence-electron chi connectivity index (χ2n) is 13.2. The number of carbonyl (C=O) groups excluding carboxylic acids is 6. The number of esters is 1. The average molecular weight is 781 g/mol. The van der Waals surface area contributed by atoms with Crippen LogP contribution in [-0.2, 0) is 59.1 Å². The van der Waals surface area contributed by atoms with Crippen molar-refractivity contribution < 1.29 is 67.1 Å². The van der Waals surface area contributed by atoms with Crippen LogP contribution >= 0.6 is 12.8 Å². The molecule has 1 heterocycles. The summed E-state index contributed by atoms with van der Waals surface area (Å²) >= 11 is 4.06. The van der Waals surface area contributed by atoms with Crippen molar-refractivity contribution in [3.05, 3.63) is 23.8 Å². The minimum atomic E-state index is -1.77. The number of aliphatic carboxylic acids is 1. The van der Waals surface area contributed by atoms with Gasteiger partial charge in [0.15, 0.2) is 12.2 Å². The number of hydrogen-bond acceptors (Lipinski definition) is 15. The molecule has 5 N–H and O–H groups in total. The smallest absolute Gasteiger partial charge is 0.337 e. The first-order chi connectivity index (χ1) is 25.5. The van der Waals surface area contributed by atoms with E-state index in [4.69, 9.17) is 36.3 Å². The number of thiol groups is 1. The third-order valence-corrected chi connectivity index (χ3v) is 8.15. The average Bonchev–Trinajstić information content (AvgIpc) is 3.09. The molecule has 4 unspecified atom stereocenters. The SMILES string of the molecule is [B]C(=O)OCc1ccc(OC2CC(OC=O)[C@H](OC(C)=O)C(C(=O)O)O2)c(NC(=O)CCNC(=O)C(CCCCNC(=O)C(C)(C)COC(C)C)NS)c1. The molecule has 0 aliphatic carbocycles. The van der Waals surface area contributed by atoms with E-state index in [9.17, 15) is 38.7 Å². The highest BCUT2D eigenvalue weighted by molar-refractivity contribution is 7.78. The van der Waals surface area contributed by atoms with Gasteiger partial charge < -0.3 is 49.5 Å². The van der Waals surface area contributed by atoms with Crippen LogP contribution in [0.2, 0.25) is 0 Å². The van der Waals surface area contributed by atoms with E-state index in [1.165, 1.54) is 18.2 Å². The quantitative estimate of drug-likeness (QED) is 0.0230. The minimum absolute atomic E-state index is 0.00928. The molecule has 3 amide bonds. The number of carbonyl (C=O) groups is 7. The van der Waals surface area contributed by atoms with E-state index >= 15 is 0 Å². The zero-order chi connectivity index (χ0) is 40.4. The van der Waals surface area contributed by atoms with Crippen molar-refractivity contribution >= 4 is 68.3 Å². The molecule has 1 aromatic carbocycles. The van der Waals surface area contributed by atoms with E-state index in [0.29, 0.717) is 31.4 Å². The van der Waals surface area contributed by atoms with Crippen LogP contribution in [0.25, 0.3) is 0 Å². The monoisotopic (exact) mass is 780 g/mol. The first-order valence-corrected chi connectivity index (χ1v) is 17.7. The van der Waals surface area contributed by atoms with E-state index in [1.54, 1.807) is 13.8 Å². The van der Waals surface area contributed by atoms with Crippen molar-refractivity contribution in [2.24, 2.45) is 5.41 Å². The molecule has 1 aromatic rings. The lowest BCUT2D eigenvalue weighted by Crippen LogP contribution is -2.55. The molecule has 298 valence electrons. The second kappa shape index (κ2) is 22.7. The highest BCUT2D eigenvalue weighted by Gasteiger charge is 2.47. The van der Waals surface area contributed by atoms with Gasteiger partial charge >= 0.3 is 11.9 Å². The Morgan fingerprint density at radius 1 is 1.11 bits per heavy atom. The summed E-state index contributed by atoms with van der Waals surface area (Å²) in [5.74, 6) is -4.49. The number of ether oxygens (including phenoxy) is 6. The van der Waals surface area contributed by atoms with Crippen molar-refractivity contribution in [3.63, 3.8) is 0 Å². The van der Waals surface area contributed by atoms with Gasteiger partial charge in [-0.25, -0.2) is 4.79 Å². The first-order valence-electron chi connectivity index (χ1n) is 17.2. The number of carboxylic acids is 1. The van der Waals surface area contributed by atoms with Crippen molar-refractivity contribution in [3.8, 4) is 5.75 Å². The number of hydrogen-bond donors (Lipinski definition) is 6. The molecule has 0 aromatic heterocycles. The summed E-state index contributed by atoms with van der Waals surface area (Å²) < 4.78 is 34.5. The van der Waals surface area contributed by atoms with Crippen molar-refractivity contribution in [2.75, 3.05) is 25.0 Å². The summed E-state index contributed by atoms with van der Waals surface area (Å²) in [6.07, 6.45) is -4.66. The Balaban J connectivity index is 2.00. The number of anilines is 1. The number of benzene rings is 1. The van der Waals surface area contributed by atoms with Crippen molar-refractivity contribution in [1.82, 2.24) is 15.4 Å². The highest BCUT2D eigenvalue weighted by atomic mass is 32.1. The molecule has 1 fully saturated rings. The lowest BCUT2D eigenvalue weighted by Gasteiger charge is -2.38. The molecule has 1 aliphatic heterocycles. The Hall–Kier alpha value is -4.40. The molecule has 1 aliphatic rings. The summed E-state index contributed by atoms with van der Waals surface area (Å²) in [6, 6.07) is 3.61. The maximum absolute atomic E-state index is 13.0. The van der Waals surface area contributed by atoms with Gasteiger partial charge in [0, 0.05) is 26.4 Å². The summed E-state index contributed by atoms with van der Waals surface area (Å²) in [5, 5.41) is 17.9. The lowest BCUT2D eigenvalue weighted by atomic mass is 9.93. The Bertz CT molecular complexity index is 1470. The molecule has 18 nitrogen and oxygen atoms in total. The van der Waals surface area contributed by atoms with Gasteiger partial charge in [-0.15, -0.1) is 0 Å². The molecule has 0 spiro atoms. The molecule has 20 heteroatoms. The van der Waals surface area contributed by atoms with Gasteiger partial charge in [0.05, 0.1) is 36.3 Å². The lowest BCUT2D eigenvalue weighted by molar-refractivity contribution is -0.238. The summed E-state index contributed by atoms with van der Waals surface area (Å²) in [6.45, 7) is 8.92. The van der Waals surface area contributed by atoms with Crippen LogP contribution in [0.5, 0.6) is 5.75 Å². The molecule has 1 saturated heterocycles. The van der Waals surface area contributed by atoms with Crippen molar-refractivity contribution in [2.45, 2.75) is 110 Å². The highest BCUT2D eigenvalue weighted by Crippen LogP contribution is 2.32. The number of carboxylic acid groups (broad SMARTS) is 1. The van der Waals surface area contributed by atoms with Crippen LogP contribution in [0.1, 0.15) is 72.3 Å². The van der Waals surface area contributed by atoms with Crippen LogP contribution in [0.4, 0.5) is 10.5 Å². The Labute approximate surface area is 320 Å². The fourth-order valence-electron chi connectivity index (χ4n) is 5.03. The maximum atomic E-state index is 13.0. The van der Waals surface area contributed by atoms with E-state index in [1.807, 2.05) is 13.8 Å². The number of rotatable bonds is 23. The van der Waals surface area contributed by atoms with Gasteiger partial charge in [0.25, 0.3) is 6.47 Å². The number of nitrogens with one attached hydrogen (secondary N) is 4. The van der Waals surface area contributed by atoms with E-state index in [-0.39, 0.29) is 62.5 Å². The fraction of sp³-hybridized carbons (Fsp3) is 0.618. The Morgan fingerprint density at radius 3 is 2.44 bits per heavy atom. The standard InChI is InChI=1S/C34H49BN4O14S/c1-19(2)49-17-34(4,5)32(46)37-12-7-6-8-22(39-54)30(43)36-13-11-26(42)38-23-14-21(16-48-33(35)47)9-10-24(23)52-27-15-25(50-18-40)28(51-20(3)41)29(53-27)31(44)45/h9-10,14,18-19,22,25,27-29,39,54H,6-8,11-13,15-17H2,1-5H3,(H,36,43)(H,37,46)(H,38,42)(H,44,45)/t22?,25?,27?,28-,29?/m0/s1. The Kier molecular flexibility index (Phi) is 19.3. The van der Waals surface area contributed by atoms with Crippen LogP contribution in [-0.4, -0.2) is 111 Å². The number of unbranched alkanes of at least 4 members (excludes halogenated alkanes) is 1. The predicted octanol–water partition coefficient (Wildman–Crippen LogP) is 1.53. The largest absolute Gasteiger partial charge is 0.479 e. The third kappa shape index (κ3) is 15.9. The summed E-state index contributed by atoms with van der Waals surface area (Å²) in [4.78, 5) is 84.2. The van der Waals surface area contributed by atoms with Crippen LogP contribution in [0.15, 0.2) is 18.2 Å². The Morgan fingerprint density at radius 2 is 1.83 bits per heavy atom. The first kappa shape index (κ1) is 45.8. The van der Waals surface area contributed by atoms with Crippen molar-refractivity contribution in [1.29, 1.82) is 0 Å². The molecular formula is C34H49BN4O14S. The maximum Gasteiger partial charge on any atom is 0.337 e. The molecular weight excluding hydrogens is 731 g/mol. The van der Waals surface area contributed by atoms with E-state index in [0.717, 1.165) is 6.92 Å². The van der Waals surface area contributed by atoms with E-state index < -0.39 is 65.7 Å². The minimum Gasteiger partial charge on any atom is -0.479 e. The van der Waals surface area contributed by atoms with Gasteiger partial charge in [-0.2, -0.15) is 0 Å². The topological polar surface area (TPSA) is 243 Å². The van der Waals surface area contributed by atoms with E-state index in [2.05, 4.69) is 33.5 Å². The molecule has 5 atom stereocenters. The molecule has 0 saturated carbocycles. The fourth-order valence-corrected chi connectivity index (χ4v) is 5.28. The van der Waals surface area contributed by atoms with Crippen LogP contribution < -0.4 is 25.4 Å². The molecule has 0 bridgehead atoms. The van der Waals surface area contributed by atoms with Gasteiger partial charge in [0.1, 0.15) is 18.5 Å². The van der Waals surface area contributed by atoms with Gasteiger partial charge in [-0.1, -0.05) is 18.9 Å². The summed E-state index contributed by atoms with van der Waals surface area (Å²) in [5.41, 5.74) is -0.243. The zero-order valence-corrected chi connectivity index (χ0v) is 31.8. The predicted molar refractivity (Wildman–Crippen MR) is 194 cm³/mol. The summed E-state index contributed by atoms with van der Waals surface area (Å²) in [7, 11) is 5.07. The normalized spacial score (nSPS) is 18.8. The van der Waals surface area contributed by atoms with Gasteiger partial charge in [-0.05, 0) is 64.7 Å². The molecule has 54 heavy (non-hydrogen) atoms. The molecule has 2 radical (unpaired) electrons. The zero-order valence-electron chi connectivity index (χ0n) is 30.9. The molecule has 2 rings (SSSR count). The van der Waals surface area contributed by atoms with Crippen LogP contribution in [0.3, 0.4) is 0 Å². The number of amides is 3. The van der Waals surface area contributed by atoms with Gasteiger partial charge in [0.2, 0.25) is 37.7 Å².